The van der Waals surface area contributed by atoms with Crippen LogP contribution in [0.2, 0.25) is 0 Å². The molecule has 1 aromatic heterocycles. The van der Waals surface area contributed by atoms with Crippen LogP contribution in [0.3, 0.4) is 0 Å². The Morgan fingerprint density at radius 1 is 1.58 bits per heavy atom. The Balaban J connectivity index is 2.71. The fourth-order valence-electron chi connectivity index (χ4n) is 1.52. The fourth-order valence-corrected chi connectivity index (χ4v) is 1.52. The molecule has 0 saturated heterocycles. The van der Waals surface area contributed by atoms with Gasteiger partial charge >= 0.3 is 0 Å². The molecular formula is C13H20FN3O2. The number of nitrogens with one attached hydrogen (secondary N) is 1. The molecule has 0 aliphatic rings. The molecule has 1 amide bonds. The summed E-state index contributed by atoms with van der Waals surface area (Å²) in [7, 11) is 3.17. The number of hydrogen-bond donors (Lipinski definition) is 1. The fraction of sp³-hybridized carbons (Fsp3) is 0.538. The molecule has 0 radical (unpaired) electrons. The number of halogens is 1. The van der Waals surface area contributed by atoms with Gasteiger partial charge in [-0.05, 0) is 19.9 Å². The van der Waals surface area contributed by atoms with Gasteiger partial charge in [-0.25, -0.2) is 9.37 Å². The predicted molar refractivity (Wildman–Crippen MR) is 71.8 cm³/mol. The van der Waals surface area contributed by atoms with Crippen molar-refractivity contribution in [3.05, 3.63) is 23.6 Å². The maximum atomic E-state index is 13.9. The number of rotatable bonds is 6. The molecule has 0 bridgehead atoms. The van der Waals surface area contributed by atoms with E-state index in [0.29, 0.717) is 13.2 Å². The largest absolute Gasteiger partial charge is 0.377 e. The summed E-state index contributed by atoms with van der Waals surface area (Å²) in [4.78, 5) is 17.3. The summed E-state index contributed by atoms with van der Waals surface area (Å²) < 4.78 is 19.3. The average molecular weight is 269 g/mol. The second-order valence-corrected chi connectivity index (χ2v) is 4.42. The minimum absolute atomic E-state index is 0.00592. The molecule has 0 spiro atoms. The van der Waals surface area contributed by atoms with E-state index in [-0.39, 0.29) is 23.4 Å². The van der Waals surface area contributed by atoms with E-state index in [1.807, 2.05) is 13.8 Å². The van der Waals surface area contributed by atoms with Crippen molar-refractivity contribution in [2.24, 2.45) is 0 Å². The number of amides is 1. The molecule has 0 fully saturated rings. The number of aromatic nitrogens is 1. The molecule has 1 rings (SSSR count). The second kappa shape index (κ2) is 7.04. The minimum atomic E-state index is -0.633. The number of ether oxygens (including phenoxy) is 1. The summed E-state index contributed by atoms with van der Waals surface area (Å²) in [5.74, 6) is -0.951. The van der Waals surface area contributed by atoms with E-state index in [4.69, 9.17) is 4.74 Å². The minimum Gasteiger partial charge on any atom is -0.377 e. The lowest BCUT2D eigenvalue weighted by atomic mass is 10.2. The first kappa shape index (κ1) is 15.4. The van der Waals surface area contributed by atoms with Crippen LogP contribution in [0.1, 0.15) is 24.2 Å². The maximum Gasteiger partial charge on any atom is 0.256 e. The van der Waals surface area contributed by atoms with Gasteiger partial charge in [-0.3, -0.25) is 4.79 Å². The Hall–Kier alpha value is -1.69. The van der Waals surface area contributed by atoms with Crippen LogP contribution in [-0.4, -0.2) is 49.1 Å². The van der Waals surface area contributed by atoms with Crippen molar-refractivity contribution in [1.82, 2.24) is 9.88 Å². The zero-order chi connectivity index (χ0) is 14.4. The lowest BCUT2D eigenvalue weighted by Crippen LogP contribution is -2.31. The third kappa shape index (κ3) is 4.17. The number of carbonyl (C=O) groups excluding carboxylic acids is 1. The molecule has 6 heteroatoms. The lowest BCUT2D eigenvalue weighted by Gasteiger charge is -2.18. The quantitative estimate of drug-likeness (QED) is 0.855. The topological polar surface area (TPSA) is 54.5 Å². The molecule has 1 N–H and O–H groups in total. The van der Waals surface area contributed by atoms with E-state index >= 15 is 0 Å². The highest BCUT2D eigenvalue weighted by atomic mass is 19.1. The molecule has 106 valence electrons. The Morgan fingerprint density at radius 2 is 2.26 bits per heavy atom. The van der Waals surface area contributed by atoms with Crippen LogP contribution in [0.15, 0.2) is 12.3 Å². The average Bonchev–Trinajstić information content (AvgIpc) is 2.37. The Kier molecular flexibility index (Phi) is 5.69. The van der Waals surface area contributed by atoms with Crippen molar-refractivity contribution in [2.75, 3.05) is 32.6 Å². The highest BCUT2D eigenvalue weighted by Crippen LogP contribution is 2.15. The molecule has 0 aromatic carbocycles. The Morgan fingerprint density at radius 3 is 2.84 bits per heavy atom. The monoisotopic (exact) mass is 269 g/mol. The van der Waals surface area contributed by atoms with E-state index in [0.717, 1.165) is 0 Å². The smallest absolute Gasteiger partial charge is 0.256 e. The molecule has 0 aliphatic carbocycles. The number of anilines is 1. The summed E-state index contributed by atoms with van der Waals surface area (Å²) in [5.41, 5.74) is 0.00592. The van der Waals surface area contributed by atoms with Gasteiger partial charge in [-0.1, -0.05) is 0 Å². The first-order valence-corrected chi connectivity index (χ1v) is 6.16. The van der Waals surface area contributed by atoms with Crippen molar-refractivity contribution in [1.29, 1.82) is 0 Å². The molecule has 1 heterocycles. The van der Waals surface area contributed by atoms with Gasteiger partial charge in [0.2, 0.25) is 0 Å². The normalized spacial score (nSPS) is 10.6. The van der Waals surface area contributed by atoms with E-state index in [1.165, 1.54) is 17.2 Å². The summed E-state index contributed by atoms with van der Waals surface area (Å²) in [5, 5.41) is 2.61. The number of pyridine rings is 1. The summed E-state index contributed by atoms with van der Waals surface area (Å²) in [6.07, 6.45) is 1.51. The number of likely N-dealkylation sites (N-methyl/N-ethyl adjacent to an activating group) is 1. The van der Waals surface area contributed by atoms with Crippen LogP contribution in [0.4, 0.5) is 10.2 Å². The highest BCUT2D eigenvalue weighted by molar-refractivity contribution is 5.95. The van der Waals surface area contributed by atoms with Crippen LogP contribution in [0.5, 0.6) is 0 Å². The van der Waals surface area contributed by atoms with Gasteiger partial charge in [0.25, 0.3) is 5.91 Å². The van der Waals surface area contributed by atoms with Gasteiger partial charge in [0.1, 0.15) is 0 Å². The molecule has 5 nitrogen and oxygen atoms in total. The Bertz CT molecular complexity index is 438. The van der Waals surface area contributed by atoms with Crippen molar-refractivity contribution < 1.29 is 13.9 Å². The van der Waals surface area contributed by atoms with Crippen LogP contribution in [0.25, 0.3) is 0 Å². The molecule has 1 aromatic rings. The van der Waals surface area contributed by atoms with Gasteiger partial charge in [-0.15, -0.1) is 0 Å². The van der Waals surface area contributed by atoms with Crippen LogP contribution in [0, 0.1) is 5.82 Å². The third-order valence-electron chi connectivity index (χ3n) is 2.58. The SMILES string of the molecule is CNc1nccc(C(=O)N(C)CCOC(C)C)c1F. The van der Waals surface area contributed by atoms with Crippen molar-refractivity contribution in [2.45, 2.75) is 20.0 Å². The maximum absolute atomic E-state index is 13.9. The van der Waals surface area contributed by atoms with Crippen LogP contribution < -0.4 is 5.32 Å². The zero-order valence-electron chi connectivity index (χ0n) is 11.7. The summed E-state index contributed by atoms with van der Waals surface area (Å²) in [6, 6.07) is 1.37. The Labute approximate surface area is 112 Å². The standard InChI is InChI=1S/C13H20FN3O2/c1-9(2)19-8-7-17(4)13(18)10-5-6-16-12(15-3)11(10)14/h5-6,9H,7-8H2,1-4H3,(H,15,16). The van der Waals surface area contributed by atoms with Gasteiger partial charge in [0, 0.05) is 26.8 Å². The first-order valence-electron chi connectivity index (χ1n) is 6.16. The van der Waals surface area contributed by atoms with Crippen LogP contribution >= 0.6 is 0 Å². The van der Waals surface area contributed by atoms with E-state index in [1.54, 1.807) is 14.1 Å². The molecular weight excluding hydrogens is 249 g/mol. The number of hydrogen-bond acceptors (Lipinski definition) is 4. The molecule has 0 unspecified atom stereocenters. The van der Waals surface area contributed by atoms with Gasteiger partial charge in [-0.2, -0.15) is 0 Å². The summed E-state index contributed by atoms with van der Waals surface area (Å²) >= 11 is 0. The molecule has 0 atom stereocenters. The van der Waals surface area contributed by atoms with Gasteiger partial charge in [0.05, 0.1) is 18.3 Å². The van der Waals surface area contributed by atoms with Gasteiger partial charge in [0.15, 0.2) is 11.6 Å². The van der Waals surface area contributed by atoms with E-state index in [2.05, 4.69) is 10.3 Å². The van der Waals surface area contributed by atoms with Crippen molar-refractivity contribution >= 4 is 11.7 Å². The first-order chi connectivity index (χ1) is 8.97. The van der Waals surface area contributed by atoms with Crippen LogP contribution in [-0.2, 0) is 4.74 Å². The number of carbonyl (C=O) groups is 1. The molecule has 19 heavy (non-hydrogen) atoms. The van der Waals surface area contributed by atoms with Crippen molar-refractivity contribution in [3.63, 3.8) is 0 Å². The lowest BCUT2D eigenvalue weighted by molar-refractivity contribution is 0.0529. The van der Waals surface area contributed by atoms with Crippen molar-refractivity contribution in [3.8, 4) is 0 Å². The van der Waals surface area contributed by atoms with E-state index < -0.39 is 5.82 Å². The second-order valence-electron chi connectivity index (χ2n) is 4.42. The van der Waals surface area contributed by atoms with E-state index in [9.17, 15) is 9.18 Å². The molecule has 0 saturated carbocycles. The van der Waals surface area contributed by atoms with Gasteiger partial charge < -0.3 is 15.0 Å². The zero-order valence-corrected chi connectivity index (χ0v) is 11.7. The predicted octanol–water partition coefficient (Wildman–Crippen LogP) is 1.76. The number of nitrogens with zero attached hydrogens (tertiary/aromatic N) is 2. The third-order valence-corrected chi connectivity index (χ3v) is 2.58. The molecule has 0 aliphatic heterocycles. The highest BCUT2D eigenvalue weighted by Gasteiger charge is 2.18. The summed E-state index contributed by atoms with van der Waals surface area (Å²) in [6.45, 7) is 4.67.